The summed E-state index contributed by atoms with van der Waals surface area (Å²) in [4.78, 5) is 28.5. The molecule has 2 rings (SSSR count). The van der Waals surface area contributed by atoms with Gasteiger partial charge in [-0.25, -0.2) is 0 Å². The SMILES string of the molecule is CCC1CCCCCN1C(=O)C(=O)N1CCCNCC1. The van der Waals surface area contributed by atoms with Gasteiger partial charge in [-0.2, -0.15) is 0 Å². The second kappa shape index (κ2) is 7.62. The van der Waals surface area contributed by atoms with E-state index in [1.165, 1.54) is 12.8 Å². The summed E-state index contributed by atoms with van der Waals surface area (Å²) in [5, 5.41) is 3.26. The molecule has 20 heavy (non-hydrogen) atoms. The number of hydrogen-bond acceptors (Lipinski definition) is 3. The standard InChI is InChI=1S/C15H27N3O2/c1-2-13-7-4-3-5-11-18(13)15(20)14(19)17-10-6-8-16-9-12-17/h13,16H,2-12H2,1H3. The zero-order valence-corrected chi connectivity index (χ0v) is 12.6. The van der Waals surface area contributed by atoms with Crippen molar-refractivity contribution in [3.63, 3.8) is 0 Å². The van der Waals surface area contributed by atoms with Gasteiger partial charge < -0.3 is 15.1 Å². The highest BCUT2D eigenvalue weighted by Gasteiger charge is 2.31. The van der Waals surface area contributed by atoms with Crippen LogP contribution in [0.25, 0.3) is 0 Å². The molecule has 2 saturated heterocycles. The Morgan fingerprint density at radius 3 is 2.65 bits per heavy atom. The predicted octanol–water partition coefficient (Wildman–Crippen LogP) is 0.990. The normalized spacial score (nSPS) is 24.9. The maximum Gasteiger partial charge on any atom is 0.312 e. The quantitative estimate of drug-likeness (QED) is 0.729. The van der Waals surface area contributed by atoms with Gasteiger partial charge in [0.2, 0.25) is 0 Å². The average Bonchev–Trinajstić information content (AvgIpc) is 2.87. The lowest BCUT2D eigenvalue weighted by Gasteiger charge is -2.30. The van der Waals surface area contributed by atoms with Crippen LogP contribution in [0.3, 0.4) is 0 Å². The zero-order chi connectivity index (χ0) is 14.4. The molecule has 0 saturated carbocycles. The third kappa shape index (κ3) is 3.72. The van der Waals surface area contributed by atoms with Gasteiger partial charge in [0.1, 0.15) is 0 Å². The number of nitrogens with zero attached hydrogens (tertiary/aromatic N) is 2. The van der Waals surface area contributed by atoms with Gasteiger partial charge in [-0.3, -0.25) is 9.59 Å². The molecule has 0 aliphatic carbocycles. The van der Waals surface area contributed by atoms with E-state index in [1.807, 2.05) is 4.90 Å². The largest absolute Gasteiger partial charge is 0.333 e. The van der Waals surface area contributed by atoms with Gasteiger partial charge in [0, 0.05) is 32.2 Å². The van der Waals surface area contributed by atoms with Gasteiger partial charge in [-0.05, 0) is 32.2 Å². The second-order valence-electron chi connectivity index (χ2n) is 5.81. The number of rotatable bonds is 1. The molecule has 1 unspecified atom stereocenters. The first kappa shape index (κ1) is 15.3. The van der Waals surface area contributed by atoms with E-state index in [4.69, 9.17) is 0 Å². The molecule has 2 aliphatic heterocycles. The lowest BCUT2D eigenvalue weighted by Crippen LogP contribution is -2.49. The molecular weight excluding hydrogens is 254 g/mol. The van der Waals surface area contributed by atoms with E-state index in [2.05, 4.69) is 12.2 Å². The van der Waals surface area contributed by atoms with Crippen LogP contribution in [-0.4, -0.2) is 60.4 Å². The Kier molecular flexibility index (Phi) is 5.83. The minimum atomic E-state index is -0.297. The monoisotopic (exact) mass is 281 g/mol. The highest BCUT2D eigenvalue weighted by atomic mass is 16.2. The van der Waals surface area contributed by atoms with Crippen LogP contribution >= 0.6 is 0 Å². The predicted molar refractivity (Wildman–Crippen MR) is 78.3 cm³/mol. The topological polar surface area (TPSA) is 52.7 Å². The van der Waals surface area contributed by atoms with Crippen LogP contribution in [-0.2, 0) is 9.59 Å². The molecule has 1 atom stereocenters. The Morgan fingerprint density at radius 2 is 1.85 bits per heavy atom. The van der Waals surface area contributed by atoms with E-state index in [-0.39, 0.29) is 17.9 Å². The van der Waals surface area contributed by atoms with Gasteiger partial charge in [0.15, 0.2) is 0 Å². The minimum Gasteiger partial charge on any atom is -0.333 e. The Labute approximate surface area is 121 Å². The fraction of sp³-hybridized carbons (Fsp3) is 0.867. The molecule has 0 bridgehead atoms. The molecule has 114 valence electrons. The van der Waals surface area contributed by atoms with Crippen molar-refractivity contribution in [1.29, 1.82) is 0 Å². The molecule has 0 aromatic carbocycles. The molecule has 2 amide bonds. The Balaban J connectivity index is 2.01. The lowest BCUT2D eigenvalue weighted by molar-refractivity contribution is -0.153. The molecule has 5 nitrogen and oxygen atoms in total. The number of nitrogens with one attached hydrogen (secondary N) is 1. The van der Waals surface area contributed by atoms with E-state index in [9.17, 15) is 9.59 Å². The summed E-state index contributed by atoms with van der Waals surface area (Å²) < 4.78 is 0. The number of hydrogen-bond donors (Lipinski definition) is 1. The molecule has 2 heterocycles. The van der Waals surface area contributed by atoms with E-state index in [1.54, 1.807) is 4.90 Å². The average molecular weight is 281 g/mol. The molecule has 2 aliphatic rings. The van der Waals surface area contributed by atoms with Crippen molar-refractivity contribution in [2.24, 2.45) is 0 Å². The minimum absolute atomic E-state index is 0.249. The molecule has 0 aromatic heterocycles. The molecular formula is C15H27N3O2. The fourth-order valence-corrected chi connectivity index (χ4v) is 3.18. The van der Waals surface area contributed by atoms with Crippen molar-refractivity contribution < 1.29 is 9.59 Å². The highest BCUT2D eigenvalue weighted by Crippen LogP contribution is 2.19. The smallest absolute Gasteiger partial charge is 0.312 e. The van der Waals surface area contributed by atoms with Gasteiger partial charge in [0.25, 0.3) is 0 Å². The van der Waals surface area contributed by atoms with Gasteiger partial charge >= 0.3 is 11.8 Å². The van der Waals surface area contributed by atoms with Crippen LogP contribution in [0.2, 0.25) is 0 Å². The van der Waals surface area contributed by atoms with Crippen LogP contribution in [0, 0.1) is 0 Å². The van der Waals surface area contributed by atoms with Crippen LogP contribution < -0.4 is 5.32 Å². The molecule has 0 aromatic rings. The third-order valence-electron chi connectivity index (χ3n) is 4.42. The molecule has 2 fully saturated rings. The summed E-state index contributed by atoms with van der Waals surface area (Å²) in [6.45, 7) is 5.92. The number of likely N-dealkylation sites (tertiary alicyclic amines) is 1. The summed E-state index contributed by atoms with van der Waals surface area (Å²) in [5.74, 6) is -0.574. The summed E-state index contributed by atoms with van der Waals surface area (Å²) in [6, 6.07) is 0.249. The van der Waals surface area contributed by atoms with Crippen LogP contribution in [0.4, 0.5) is 0 Å². The Morgan fingerprint density at radius 1 is 1.00 bits per heavy atom. The fourth-order valence-electron chi connectivity index (χ4n) is 3.18. The number of carbonyl (C=O) groups is 2. The number of carbonyl (C=O) groups excluding carboxylic acids is 2. The van der Waals surface area contributed by atoms with E-state index in [0.717, 1.165) is 45.3 Å². The summed E-state index contributed by atoms with van der Waals surface area (Å²) in [5.41, 5.74) is 0. The van der Waals surface area contributed by atoms with Gasteiger partial charge in [-0.1, -0.05) is 19.8 Å². The van der Waals surface area contributed by atoms with Gasteiger partial charge in [-0.15, -0.1) is 0 Å². The summed E-state index contributed by atoms with van der Waals surface area (Å²) in [6.07, 6.45) is 6.27. The van der Waals surface area contributed by atoms with Crippen LogP contribution in [0.15, 0.2) is 0 Å². The first-order chi connectivity index (χ1) is 9.74. The molecule has 0 radical (unpaired) electrons. The van der Waals surface area contributed by atoms with Crippen molar-refractivity contribution in [2.45, 2.75) is 51.5 Å². The van der Waals surface area contributed by atoms with Crippen molar-refractivity contribution in [3.8, 4) is 0 Å². The van der Waals surface area contributed by atoms with Gasteiger partial charge in [0.05, 0.1) is 0 Å². The van der Waals surface area contributed by atoms with Crippen molar-refractivity contribution in [1.82, 2.24) is 15.1 Å². The van der Waals surface area contributed by atoms with Crippen molar-refractivity contribution in [2.75, 3.05) is 32.7 Å². The lowest BCUT2D eigenvalue weighted by atomic mass is 10.1. The zero-order valence-electron chi connectivity index (χ0n) is 12.6. The third-order valence-corrected chi connectivity index (χ3v) is 4.42. The second-order valence-corrected chi connectivity index (χ2v) is 5.81. The first-order valence-electron chi connectivity index (χ1n) is 8.04. The molecule has 5 heteroatoms. The highest BCUT2D eigenvalue weighted by molar-refractivity contribution is 6.35. The van der Waals surface area contributed by atoms with Crippen LogP contribution in [0.5, 0.6) is 0 Å². The number of amides is 2. The molecule has 1 N–H and O–H groups in total. The summed E-state index contributed by atoms with van der Waals surface area (Å²) >= 11 is 0. The molecule has 0 spiro atoms. The maximum absolute atomic E-state index is 12.5. The van der Waals surface area contributed by atoms with E-state index in [0.29, 0.717) is 13.1 Å². The Hall–Kier alpha value is -1.10. The maximum atomic E-state index is 12.5. The van der Waals surface area contributed by atoms with Crippen molar-refractivity contribution in [3.05, 3.63) is 0 Å². The van der Waals surface area contributed by atoms with Crippen LogP contribution in [0.1, 0.15) is 45.4 Å². The first-order valence-corrected chi connectivity index (χ1v) is 8.04. The Bertz CT molecular complexity index is 338. The summed E-state index contributed by atoms with van der Waals surface area (Å²) in [7, 11) is 0. The van der Waals surface area contributed by atoms with Crippen molar-refractivity contribution >= 4 is 11.8 Å². The van der Waals surface area contributed by atoms with E-state index < -0.39 is 0 Å². The van der Waals surface area contributed by atoms with E-state index >= 15 is 0 Å².